The fraction of sp³-hybridized carbons (Fsp3) is 0.344. The topological polar surface area (TPSA) is 153 Å². The van der Waals surface area contributed by atoms with Gasteiger partial charge in [-0.2, -0.15) is 0 Å². The highest BCUT2D eigenvalue weighted by Crippen LogP contribution is 2.25. The zero-order chi connectivity index (χ0) is 31.2. The molecule has 2 atom stereocenters. The third-order valence-electron chi connectivity index (χ3n) is 7.87. The number of amides is 3. The van der Waals surface area contributed by atoms with Crippen molar-refractivity contribution in [2.24, 2.45) is 0 Å². The second-order valence-electron chi connectivity index (χ2n) is 11.2. The van der Waals surface area contributed by atoms with E-state index in [1.54, 1.807) is 34.0 Å². The molecule has 45 heavy (non-hydrogen) atoms. The highest BCUT2D eigenvalue weighted by molar-refractivity contribution is 5.95. The predicted molar refractivity (Wildman–Crippen MR) is 161 cm³/mol. The molecular formula is C32H34N8O5. The van der Waals surface area contributed by atoms with Gasteiger partial charge in [0.1, 0.15) is 17.3 Å². The molecule has 4 heterocycles. The summed E-state index contributed by atoms with van der Waals surface area (Å²) in [5.41, 5.74) is 2.78. The first-order valence-electron chi connectivity index (χ1n) is 14.9. The Kier molecular flexibility index (Phi) is 9.06. The lowest BCUT2D eigenvalue weighted by molar-refractivity contribution is -0.124. The van der Waals surface area contributed by atoms with Gasteiger partial charge in [-0.15, -0.1) is 5.10 Å². The SMILES string of the molecule is Cc1nnnn1Cc1ccc(C(=O)N2CC[C@@H]3OCc4cccc(c4)Oc4cncc(c4)C(=O)NCCCC(=O)N[C@H]3C2)cc1. The summed E-state index contributed by atoms with van der Waals surface area (Å²) in [6.45, 7) is 3.75. The number of nitrogens with one attached hydrogen (secondary N) is 2. The number of aromatic nitrogens is 5. The Morgan fingerprint density at radius 2 is 1.93 bits per heavy atom. The van der Waals surface area contributed by atoms with Crippen LogP contribution in [0.2, 0.25) is 0 Å². The number of benzene rings is 2. The monoisotopic (exact) mass is 610 g/mol. The van der Waals surface area contributed by atoms with E-state index in [1.807, 2.05) is 43.3 Å². The number of nitrogens with zero attached hydrogens (tertiary/aromatic N) is 6. The van der Waals surface area contributed by atoms with Crippen LogP contribution < -0.4 is 15.4 Å². The highest BCUT2D eigenvalue weighted by Gasteiger charge is 2.33. The fourth-order valence-electron chi connectivity index (χ4n) is 5.43. The highest BCUT2D eigenvalue weighted by atomic mass is 16.5. The number of piperidine rings is 1. The van der Waals surface area contributed by atoms with E-state index in [1.165, 1.54) is 6.20 Å². The van der Waals surface area contributed by atoms with Gasteiger partial charge >= 0.3 is 0 Å². The van der Waals surface area contributed by atoms with E-state index in [2.05, 4.69) is 31.1 Å². The van der Waals surface area contributed by atoms with Crippen LogP contribution in [0.1, 0.15) is 56.9 Å². The van der Waals surface area contributed by atoms with E-state index in [-0.39, 0.29) is 30.2 Å². The normalized spacial score (nSPS) is 19.3. The fourth-order valence-corrected chi connectivity index (χ4v) is 5.43. The smallest absolute Gasteiger partial charge is 0.253 e. The zero-order valence-electron chi connectivity index (χ0n) is 24.9. The largest absolute Gasteiger partial charge is 0.456 e. The number of pyridine rings is 1. The van der Waals surface area contributed by atoms with Crippen molar-refractivity contribution in [3.63, 3.8) is 0 Å². The summed E-state index contributed by atoms with van der Waals surface area (Å²) in [4.78, 5) is 45.1. The molecule has 2 aromatic heterocycles. The third-order valence-corrected chi connectivity index (χ3v) is 7.87. The van der Waals surface area contributed by atoms with E-state index >= 15 is 0 Å². The number of tetrazole rings is 1. The molecule has 3 amide bonds. The molecule has 2 N–H and O–H groups in total. The summed E-state index contributed by atoms with van der Waals surface area (Å²) in [6.07, 6.45) is 3.93. The number of carbonyl (C=O) groups excluding carboxylic acids is 3. The van der Waals surface area contributed by atoms with Gasteiger partial charge in [-0.25, -0.2) is 4.68 Å². The molecule has 0 spiro atoms. The van der Waals surface area contributed by atoms with Crippen LogP contribution in [0.5, 0.6) is 11.5 Å². The molecule has 4 aromatic rings. The minimum atomic E-state index is -0.406. The average molecular weight is 611 g/mol. The van der Waals surface area contributed by atoms with Crippen molar-refractivity contribution < 1.29 is 23.9 Å². The van der Waals surface area contributed by atoms with Crippen LogP contribution >= 0.6 is 0 Å². The van der Waals surface area contributed by atoms with Gasteiger partial charge in [0.25, 0.3) is 11.8 Å². The van der Waals surface area contributed by atoms with Gasteiger partial charge in [-0.1, -0.05) is 24.3 Å². The number of hydrogen-bond acceptors (Lipinski definition) is 9. The van der Waals surface area contributed by atoms with Gasteiger partial charge in [0.05, 0.1) is 37.1 Å². The van der Waals surface area contributed by atoms with Crippen molar-refractivity contribution >= 4 is 17.7 Å². The summed E-state index contributed by atoms with van der Waals surface area (Å²) < 4.78 is 14.0. The van der Waals surface area contributed by atoms with Crippen LogP contribution in [0.25, 0.3) is 0 Å². The molecule has 2 aromatic carbocycles. The molecule has 232 valence electrons. The Labute approximate surface area is 259 Å². The number of ether oxygens (including phenoxy) is 2. The maximum atomic E-state index is 13.5. The number of carbonyl (C=O) groups is 3. The maximum Gasteiger partial charge on any atom is 0.253 e. The Bertz CT molecular complexity index is 1670. The van der Waals surface area contributed by atoms with Crippen molar-refractivity contribution in [1.29, 1.82) is 0 Å². The zero-order valence-corrected chi connectivity index (χ0v) is 24.9. The van der Waals surface area contributed by atoms with Crippen LogP contribution in [0, 0.1) is 6.92 Å². The molecule has 0 radical (unpaired) electrons. The number of fused-ring (bicyclic) bond motifs is 5. The molecule has 2 aliphatic heterocycles. The molecule has 13 nitrogen and oxygen atoms in total. The second-order valence-corrected chi connectivity index (χ2v) is 11.2. The Hall–Kier alpha value is -5.17. The Balaban J connectivity index is 1.15. The summed E-state index contributed by atoms with van der Waals surface area (Å²) >= 11 is 0. The van der Waals surface area contributed by atoms with Crippen molar-refractivity contribution in [2.75, 3.05) is 19.6 Å². The minimum absolute atomic E-state index is 0.113. The van der Waals surface area contributed by atoms with Crippen molar-refractivity contribution in [3.8, 4) is 11.5 Å². The van der Waals surface area contributed by atoms with E-state index in [4.69, 9.17) is 9.47 Å². The van der Waals surface area contributed by atoms with Crippen molar-refractivity contribution in [1.82, 2.24) is 40.7 Å². The van der Waals surface area contributed by atoms with Crippen LogP contribution in [-0.4, -0.2) is 79.6 Å². The quantitative estimate of drug-likeness (QED) is 0.356. The average Bonchev–Trinajstić information content (AvgIpc) is 3.46. The first-order valence-corrected chi connectivity index (χ1v) is 14.9. The van der Waals surface area contributed by atoms with Gasteiger partial charge < -0.3 is 25.0 Å². The molecule has 1 fully saturated rings. The Morgan fingerprint density at radius 1 is 1.07 bits per heavy atom. The van der Waals surface area contributed by atoms with E-state index in [0.29, 0.717) is 74.1 Å². The van der Waals surface area contributed by atoms with Crippen LogP contribution in [0.15, 0.2) is 67.0 Å². The lowest BCUT2D eigenvalue weighted by atomic mass is 10.00. The molecule has 0 saturated carbocycles. The summed E-state index contributed by atoms with van der Waals surface area (Å²) in [5, 5.41) is 17.5. The van der Waals surface area contributed by atoms with Gasteiger partial charge in [-0.3, -0.25) is 19.4 Å². The molecule has 4 bridgehead atoms. The number of likely N-dealkylation sites (tertiary alicyclic amines) is 1. The molecule has 1 saturated heterocycles. The van der Waals surface area contributed by atoms with Crippen LogP contribution in [-0.2, 0) is 22.7 Å². The summed E-state index contributed by atoms with van der Waals surface area (Å²) in [7, 11) is 0. The molecular weight excluding hydrogens is 576 g/mol. The molecule has 6 rings (SSSR count). The summed E-state index contributed by atoms with van der Waals surface area (Å²) in [6, 6.07) is 16.1. The second kappa shape index (κ2) is 13.6. The van der Waals surface area contributed by atoms with E-state index in [9.17, 15) is 14.4 Å². The lowest BCUT2D eigenvalue weighted by Crippen LogP contribution is -2.57. The number of rotatable bonds is 3. The first-order chi connectivity index (χ1) is 21.9. The Morgan fingerprint density at radius 3 is 2.76 bits per heavy atom. The van der Waals surface area contributed by atoms with E-state index in [0.717, 1.165) is 11.1 Å². The summed E-state index contributed by atoms with van der Waals surface area (Å²) in [5.74, 6) is 1.16. The van der Waals surface area contributed by atoms with Crippen molar-refractivity contribution in [3.05, 3.63) is 95.1 Å². The molecule has 0 aliphatic carbocycles. The molecule has 0 unspecified atom stereocenters. The van der Waals surface area contributed by atoms with Crippen molar-refractivity contribution in [2.45, 2.75) is 51.5 Å². The van der Waals surface area contributed by atoms with Gasteiger partial charge in [-0.05, 0) is 71.7 Å². The lowest BCUT2D eigenvalue weighted by Gasteiger charge is -2.39. The molecule has 2 aliphatic rings. The van der Waals surface area contributed by atoms with Crippen LogP contribution in [0.4, 0.5) is 0 Å². The third kappa shape index (κ3) is 7.50. The predicted octanol–water partition coefficient (Wildman–Crippen LogP) is 2.66. The number of aryl methyl sites for hydroxylation is 1. The first kappa shape index (κ1) is 29.9. The van der Waals surface area contributed by atoms with Crippen LogP contribution in [0.3, 0.4) is 0 Å². The van der Waals surface area contributed by atoms with Gasteiger partial charge in [0, 0.05) is 37.8 Å². The maximum absolute atomic E-state index is 13.5. The minimum Gasteiger partial charge on any atom is -0.456 e. The molecule has 13 heteroatoms. The standard InChI is InChI=1S/C32H34N8O5/c1-21-36-37-38-40(21)18-22-7-9-24(10-8-22)32(43)39-13-11-29-28(19-39)35-30(41)6-3-12-34-31(42)25-15-27(17-33-16-25)45-26-5-2-4-23(14-26)20-44-29/h2,4-5,7-10,14-17,28-29H,3,6,11-13,18-20H2,1H3,(H,34,42)(H,35,41)/t28-,29-/m0/s1. The van der Waals surface area contributed by atoms with Gasteiger partial charge in [0.15, 0.2) is 0 Å². The van der Waals surface area contributed by atoms with Gasteiger partial charge in [0.2, 0.25) is 5.91 Å². The number of hydrogen-bond donors (Lipinski definition) is 2. The van der Waals surface area contributed by atoms with E-state index < -0.39 is 6.04 Å².